The molecule has 0 aromatic heterocycles. The molecule has 0 aliphatic carbocycles. The third-order valence-corrected chi connectivity index (χ3v) is 7.16. The molecule has 35 heavy (non-hydrogen) atoms. The number of carbonyl (C=O) groups excluding carboxylic acids is 2. The number of hydrogen-bond donors (Lipinski definition) is 1. The van der Waals surface area contributed by atoms with Crippen molar-refractivity contribution in [1.82, 2.24) is 0 Å². The molecule has 0 saturated carbocycles. The van der Waals surface area contributed by atoms with E-state index in [2.05, 4.69) is 5.32 Å². The van der Waals surface area contributed by atoms with Gasteiger partial charge in [-0.3, -0.25) is 14.5 Å². The van der Waals surface area contributed by atoms with Gasteiger partial charge in [-0.25, -0.2) is 4.39 Å². The summed E-state index contributed by atoms with van der Waals surface area (Å²) >= 11 is 1.12. The van der Waals surface area contributed by atoms with Crippen LogP contribution < -0.4 is 10.2 Å². The minimum absolute atomic E-state index is 0.138. The van der Waals surface area contributed by atoms with Gasteiger partial charge in [-0.1, -0.05) is 48.2 Å². The molecule has 1 fully saturated rings. The Bertz CT molecular complexity index is 1390. The summed E-state index contributed by atoms with van der Waals surface area (Å²) < 4.78 is 14.3. The van der Waals surface area contributed by atoms with Crippen LogP contribution in [0.4, 0.5) is 15.8 Å². The zero-order valence-corrected chi connectivity index (χ0v) is 20.4. The lowest BCUT2D eigenvalue weighted by atomic mass is 10.1. The first-order valence-corrected chi connectivity index (χ1v) is 12.0. The predicted molar refractivity (Wildman–Crippen MR) is 137 cm³/mol. The summed E-state index contributed by atoms with van der Waals surface area (Å²) in [7, 11) is 0. The Kier molecular flexibility index (Phi) is 7.04. The number of carbonyl (C=O) groups is 2. The third-order valence-electron chi connectivity index (χ3n) is 5.89. The Morgan fingerprint density at radius 3 is 2.51 bits per heavy atom. The Labute approximate surface area is 208 Å². The van der Waals surface area contributed by atoms with E-state index in [1.54, 1.807) is 36.4 Å². The summed E-state index contributed by atoms with van der Waals surface area (Å²) in [4.78, 5) is 28.2. The van der Waals surface area contributed by atoms with Crippen LogP contribution in [0.25, 0.3) is 0 Å². The minimum atomic E-state index is -0.682. The van der Waals surface area contributed by atoms with Crippen LogP contribution in [-0.4, -0.2) is 17.1 Å². The third kappa shape index (κ3) is 5.13. The number of rotatable bonds is 5. The van der Waals surface area contributed by atoms with Crippen molar-refractivity contribution in [2.24, 2.45) is 0 Å². The van der Waals surface area contributed by atoms with Crippen LogP contribution in [0, 0.1) is 37.9 Å². The zero-order valence-electron chi connectivity index (χ0n) is 19.6. The Morgan fingerprint density at radius 1 is 1.06 bits per heavy atom. The molecule has 1 saturated heterocycles. The summed E-state index contributed by atoms with van der Waals surface area (Å²) in [6, 6.07) is 21.1. The van der Waals surface area contributed by atoms with E-state index < -0.39 is 17.0 Å². The van der Waals surface area contributed by atoms with Crippen molar-refractivity contribution >= 4 is 35.0 Å². The molecule has 1 aliphatic rings. The molecule has 176 valence electrons. The second kappa shape index (κ2) is 10.2. The number of amides is 2. The molecule has 0 radical (unpaired) electrons. The number of benzene rings is 3. The van der Waals surface area contributed by atoms with Gasteiger partial charge in [0.15, 0.2) is 0 Å². The van der Waals surface area contributed by atoms with E-state index in [1.807, 2.05) is 51.1 Å². The van der Waals surface area contributed by atoms with Crippen molar-refractivity contribution in [1.29, 1.82) is 5.26 Å². The molecule has 0 spiro atoms. The van der Waals surface area contributed by atoms with Crippen LogP contribution in [0.5, 0.6) is 0 Å². The molecule has 7 heteroatoms. The first-order chi connectivity index (χ1) is 16.8. The molecular weight excluding hydrogens is 461 g/mol. The van der Waals surface area contributed by atoms with Gasteiger partial charge in [0.2, 0.25) is 5.91 Å². The van der Waals surface area contributed by atoms with Crippen molar-refractivity contribution in [3.63, 3.8) is 0 Å². The topological polar surface area (TPSA) is 73.2 Å². The summed E-state index contributed by atoms with van der Waals surface area (Å²) in [5, 5.41) is 12.3. The van der Waals surface area contributed by atoms with Gasteiger partial charge in [0, 0.05) is 11.4 Å². The molecule has 1 N–H and O–H groups in total. The largest absolute Gasteiger partial charge is 0.321 e. The maximum atomic E-state index is 14.3. The van der Waals surface area contributed by atoms with E-state index in [0.29, 0.717) is 16.9 Å². The fourth-order valence-corrected chi connectivity index (χ4v) is 5.16. The lowest BCUT2D eigenvalue weighted by Gasteiger charge is -2.20. The maximum Gasteiger partial charge on any atom is 0.269 e. The second-order valence-corrected chi connectivity index (χ2v) is 9.65. The summed E-state index contributed by atoms with van der Waals surface area (Å²) in [5.74, 6) is -1.30. The highest BCUT2D eigenvalue weighted by Gasteiger charge is 2.41. The van der Waals surface area contributed by atoms with Crippen LogP contribution in [0.3, 0.4) is 0 Å². The highest BCUT2D eigenvalue weighted by Crippen LogP contribution is 2.42. The molecule has 5 nitrogen and oxygen atoms in total. The summed E-state index contributed by atoms with van der Waals surface area (Å²) in [6.07, 6.45) is 0.138. The molecule has 1 aliphatic heterocycles. The highest BCUT2D eigenvalue weighted by molar-refractivity contribution is 8.05. The molecule has 3 aromatic carbocycles. The highest BCUT2D eigenvalue weighted by atomic mass is 32.2. The van der Waals surface area contributed by atoms with Crippen LogP contribution in [-0.2, 0) is 16.0 Å². The quantitative estimate of drug-likeness (QED) is 0.365. The molecular formula is C28H24FN3O2S. The predicted octanol–water partition coefficient (Wildman–Crippen LogP) is 5.82. The maximum absolute atomic E-state index is 14.3. The lowest BCUT2D eigenvalue weighted by Crippen LogP contribution is -2.31. The minimum Gasteiger partial charge on any atom is -0.321 e. The van der Waals surface area contributed by atoms with E-state index in [-0.39, 0.29) is 22.9 Å². The van der Waals surface area contributed by atoms with E-state index in [9.17, 15) is 19.2 Å². The van der Waals surface area contributed by atoms with Crippen LogP contribution in [0.1, 0.15) is 22.3 Å². The van der Waals surface area contributed by atoms with Gasteiger partial charge < -0.3 is 5.32 Å². The van der Waals surface area contributed by atoms with Gasteiger partial charge in [0.05, 0.1) is 5.25 Å². The lowest BCUT2D eigenvalue weighted by molar-refractivity contribution is -0.117. The van der Waals surface area contributed by atoms with Gasteiger partial charge in [-0.05, 0) is 79.8 Å². The Morgan fingerprint density at radius 2 is 1.83 bits per heavy atom. The van der Waals surface area contributed by atoms with Crippen LogP contribution in [0.2, 0.25) is 0 Å². The van der Waals surface area contributed by atoms with Crippen molar-refractivity contribution in [3.05, 3.63) is 105 Å². The van der Waals surface area contributed by atoms with E-state index in [0.717, 1.165) is 28.5 Å². The summed E-state index contributed by atoms with van der Waals surface area (Å²) in [6.45, 7) is 5.80. The van der Waals surface area contributed by atoms with Gasteiger partial charge in [-0.2, -0.15) is 5.26 Å². The number of thioether (sulfide) groups is 1. The number of nitrogens with one attached hydrogen (secondary N) is 1. The van der Waals surface area contributed by atoms with Crippen LogP contribution >= 0.6 is 11.8 Å². The van der Waals surface area contributed by atoms with E-state index >= 15 is 0 Å². The molecule has 3 aromatic rings. The van der Waals surface area contributed by atoms with Gasteiger partial charge >= 0.3 is 0 Å². The molecule has 4 rings (SSSR count). The number of nitriles is 1. The number of hydrogen-bond acceptors (Lipinski definition) is 4. The van der Waals surface area contributed by atoms with Crippen molar-refractivity contribution < 1.29 is 14.0 Å². The number of aryl methyl sites for hydroxylation is 3. The average Bonchev–Trinajstić information content (AvgIpc) is 3.13. The van der Waals surface area contributed by atoms with Gasteiger partial charge in [-0.15, -0.1) is 0 Å². The normalized spacial score (nSPS) is 16.7. The Hall–Kier alpha value is -3.89. The smallest absolute Gasteiger partial charge is 0.269 e. The van der Waals surface area contributed by atoms with Crippen molar-refractivity contribution in [2.45, 2.75) is 32.4 Å². The SMILES string of the molecule is Cc1cccc(NC(=O)/C(C#N)=C2\SC(Cc3ccccc3F)C(=O)N2c2ccc(C)c(C)c2)c1. The molecule has 0 bridgehead atoms. The fraction of sp³-hybridized carbons (Fsp3) is 0.179. The van der Waals surface area contributed by atoms with E-state index in [4.69, 9.17) is 0 Å². The first-order valence-electron chi connectivity index (χ1n) is 11.1. The van der Waals surface area contributed by atoms with Crippen LogP contribution in [0.15, 0.2) is 77.3 Å². The van der Waals surface area contributed by atoms with Crippen molar-refractivity contribution in [2.75, 3.05) is 10.2 Å². The fourth-order valence-electron chi connectivity index (χ4n) is 3.87. The second-order valence-electron chi connectivity index (χ2n) is 8.46. The standard InChI is InChI=1S/C28H24FN3O2S/c1-17-7-6-9-21(13-17)31-26(33)23(16-30)28-32(22-12-11-18(2)19(3)14-22)27(34)25(35-28)15-20-8-4-5-10-24(20)29/h4-14,25H,15H2,1-3H3,(H,31,33)/b28-23-. The van der Waals surface area contributed by atoms with Gasteiger partial charge in [0.25, 0.3) is 5.91 Å². The number of anilines is 2. The van der Waals surface area contributed by atoms with E-state index in [1.165, 1.54) is 11.0 Å². The molecule has 1 unspecified atom stereocenters. The summed E-state index contributed by atoms with van der Waals surface area (Å²) in [5.41, 5.74) is 4.34. The average molecular weight is 486 g/mol. The monoisotopic (exact) mass is 485 g/mol. The zero-order chi connectivity index (χ0) is 25.1. The van der Waals surface area contributed by atoms with Crippen molar-refractivity contribution in [3.8, 4) is 6.07 Å². The van der Waals surface area contributed by atoms with Gasteiger partial charge in [0.1, 0.15) is 22.5 Å². The Balaban J connectivity index is 1.76. The number of nitrogens with zero attached hydrogens (tertiary/aromatic N) is 2. The first kappa shape index (κ1) is 24.2. The molecule has 2 amide bonds. The molecule has 1 heterocycles. The number of halogens is 1. The molecule has 1 atom stereocenters.